The van der Waals surface area contributed by atoms with Crippen molar-refractivity contribution >= 4 is 11.9 Å². The van der Waals surface area contributed by atoms with E-state index < -0.39 is 24.1 Å². The first kappa shape index (κ1) is 29.2. The van der Waals surface area contributed by atoms with Crippen molar-refractivity contribution in [1.82, 2.24) is 0 Å². The number of hydrogen-bond acceptors (Lipinski definition) is 6. The second-order valence-electron chi connectivity index (χ2n) is 1.53. The number of rotatable bonds is 3. The number of aliphatic carboxylic acids is 2. The average molecular weight is 261 g/mol. The van der Waals surface area contributed by atoms with Crippen molar-refractivity contribution in [3.05, 3.63) is 0 Å². The third-order valence-electron chi connectivity index (χ3n) is 0.782. The summed E-state index contributed by atoms with van der Waals surface area (Å²) in [6, 6.07) is 0. The van der Waals surface area contributed by atoms with Gasteiger partial charge in [-0.15, -0.1) is 0 Å². The van der Waals surface area contributed by atoms with Crippen molar-refractivity contribution in [1.29, 1.82) is 0 Å². The first-order valence-corrected chi connectivity index (χ1v) is 2.24. The van der Waals surface area contributed by atoms with E-state index in [0.717, 1.165) is 0 Å². The predicted molar refractivity (Wildman–Crippen MR) is 32.9 cm³/mol. The van der Waals surface area contributed by atoms with Crippen LogP contribution in [0, 0.1) is 0 Å². The number of carboxylic acid groups (broad SMARTS) is 2. The number of aliphatic hydroxyl groups excluding tert-OH is 2. The van der Waals surface area contributed by atoms with E-state index in [9.17, 15) is 19.8 Å². The molecule has 0 aliphatic heterocycles. The Morgan fingerprint density at radius 2 is 1.00 bits per heavy atom. The maximum absolute atomic E-state index is 9.63. The fraction of sp³-hybridized carbons (Fsp3) is 0.500. The molecule has 0 aromatic heterocycles. The maximum Gasteiger partial charge on any atom is 2.00 e. The SMILES string of the molecule is O.O.O.O=C([O-])C(O)C(O)C(=O)[O-].[Ni+2]. The zero-order valence-electron chi connectivity index (χ0n) is 6.50. The Labute approximate surface area is 87.8 Å². The van der Waals surface area contributed by atoms with Crippen LogP contribution in [0.4, 0.5) is 0 Å². The third kappa shape index (κ3) is 9.32. The summed E-state index contributed by atoms with van der Waals surface area (Å²) in [4.78, 5) is 19.3. The molecular weight excluding hydrogens is 251 g/mol. The van der Waals surface area contributed by atoms with Crippen LogP contribution in [-0.4, -0.2) is 50.8 Å². The molecule has 2 unspecified atom stereocenters. The van der Waals surface area contributed by atoms with Gasteiger partial charge in [0.25, 0.3) is 0 Å². The molecule has 0 fully saturated rings. The van der Waals surface area contributed by atoms with Crippen LogP contribution in [0.1, 0.15) is 0 Å². The van der Waals surface area contributed by atoms with Crippen LogP contribution in [0.15, 0.2) is 0 Å². The van der Waals surface area contributed by atoms with Gasteiger partial charge in [0.1, 0.15) is 12.2 Å². The Balaban J connectivity index is -0.0000000675. The van der Waals surface area contributed by atoms with Crippen LogP contribution in [0.3, 0.4) is 0 Å². The first-order chi connectivity index (χ1) is 4.46. The molecule has 9 nitrogen and oxygen atoms in total. The van der Waals surface area contributed by atoms with E-state index in [1.54, 1.807) is 0 Å². The van der Waals surface area contributed by atoms with Crippen molar-refractivity contribution in [2.24, 2.45) is 0 Å². The standard InChI is InChI=1S/C4H6O6.Ni.3H2O/c5-1(3(7)8)2(6)4(9)10;;;;/h1-2,5-6H,(H,7,8)(H,9,10);;3*1H2/q;+2;;;/p-2. The monoisotopic (exact) mass is 260 g/mol. The van der Waals surface area contributed by atoms with Gasteiger partial charge in [0.05, 0.1) is 11.9 Å². The molecule has 0 aromatic carbocycles. The topological polar surface area (TPSA) is 215 Å². The maximum atomic E-state index is 9.63. The summed E-state index contributed by atoms with van der Waals surface area (Å²) >= 11 is 0. The first-order valence-electron chi connectivity index (χ1n) is 2.24. The van der Waals surface area contributed by atoms with Gasteiger partial charge < -0.3 is 46.4 Å². The Hall–Kier alpha value is -0.766. The van der Waals surface area contributed by atoms with Gasteiger partial charge in [0.2, 0.25) is 0 Å². The Morgan fingerprint density at radius 3 is 1.07 bits per heavy atom. The van der Waals surface area contributed by atoms with Gasteiger partial charge in [-0.2, -0.15) is 0 Å². The molecule has 8 N–H and O–H groups in total. The van der Waals surface area contributed by atoms with Crippen LogP contribution in [0.25, 0.3) is 0 Å². The molecule has 2 atom stereocenters. The van der Waals surface area contributed by atoms with E-state index >= 15 is 0 Å². The zero-order valence-corrected chi connectivity index (χ0v) is 7.49. The van der Waals surface area contributed by atoms with E-state index in [1.807, 2.05) is 0 Å². The molecule has 14 heavy (non-hydrogen) atoms. The predicted octanol–water partition coefficient (Wildman–Crippen LogP) is -7.27. The fourth-order valence-corrected chi connectivity index (χ4v) is 0.258. The second kappa shape index (κ2) is 12.2. The minimum atomic E-state index is -2.44. The van der Waals surface area contributed by atoms with E-state index in [-0.39, 0.29) is 32.9 Å². The normalized spacial score (nSPS) is 11.3. The van der Waals surface area contributed by atoms with Gasteiger partial charge in [-0.25, -0.2) is 0 Å². The number of carboxylic acids is 2. The van der Waals surface area contributed by atoms with Crippen LogP contribution in [0.2, 0.25) is 0 Å². The van der Waals surface area contributed by atoms with Gasteiger partial charge in [-0.3, -0.25) is 0 Å². The molecule has 0 radical (unpaired) electrons. The number of hydrogen-bond donors (Lipinski definition) is 2. The molecular formula is C4H10NiO9. The average Bonchev–Trinajstić information content (AvgIpc) is 1.84. The molecule has 0 saturated carbocycles. The fourth-order valence-electron chi connectivity index (χ4n) is 0.258. The summed E-state index contributed by atoms with van der Waals surface area (Å²) < 4.78 is 0. The molecule has 0 aliphatic rings. The summed E-state index contributed by atoms with van der Waals surface area (Å²) in [5.41, 5.74) is 0. The van der Waals surface area contributed by atoms with Crippen LogP contribution in [-0.2, 0) is 26.1 Å². The Kier molecular flexibility index (Phi) is 25.5. The zero-order chi connectivity index (χ0) is 8.31. The molecule has 0 bridgehead atoms. The molecule has 0 rings (SSSR count). The quantitative estimate of drug-likeness (QED) is 0.469. The van der Waals surface area contributed by atoms with Crippen molar-refractivity contribution < 1.29 is 62.9 Å². The molecule has 0 saturated heterocycles. The second-order valence-corrected chi connectivity index (χ2v) is 1.53. The molecule has 0 amide bonds. The van der Waals surface area contributed by atoms with Gasteiger partial charge >= 0.3 is 16.5 Å². The molecule has 10 heteroatoms. The molecule has 0 spiro atoms. The van der Waals surface area contributed by atoms with E-state index in [4.69, 9.17) is 10.2 Å². The minimum absolute atomic E-state index is 0. The number of carbonyl (C=O) groups excluding carboxylic acids is 2. The Morgan fingerprint density at radius 1 is 0.857 bits per heavy atom. The molecule has 0 heterocycles. The number of aliphatic hydroxyl groups is 2. The summed E-state index contributed by atoms with van der Waals surface area (Å²) in [6.07, 6.45) is -4.88. The van der Waals surface area contributed by atoms with Crippen molar-refractivity contribution in [2.45, 2.75) is 12.2 Å². The van der Waals surface area contributed by atoms with Gasteiger partial charge in [-0.1, -0.05) is 0 Å². The molecule has 0 aromatic rings. The van der Waals surface area contributed by atoms with Crippen molar-refractivity contribution in [3.8, 4) is 0 Å². The van der Waals surface area contributed by atoms with Gasteiger partial charge in [0.15, 0.2) is 0 Å². The van der Waals surface area contributed by atoms with Crippen LogP contribution >= 0.6 is 0 Å². The largest absolute Gasteiger partial charge is 2.00 e. The van der Waals surface area contributed by atoms with Crippen LogP contribution in [0.5, 0.6) is 0 Å². The minimum Gasteiger partial charge on any atom is -0.547 e. The van der Waals surface area contributed by atoms with Crippen molar-refractivity contribution in [2.75, 3.05) is 0 Å². The molecule has 0 aliphatic carbocycles. The van der Waals surface area contributed by atoms with Crippen molar-refractivity contribution in [3.63, 3.8) is 0 Å². The van der Waals surface area contributed by atoms with Gasteiger partial charge in [0, 0.05) is 0 Å². The Bertz CT molecular complexity index is 141. The summed E-state index contributed by atoms with van der Waals surface area (Å²) in [5, 5.41) is 35.7. The summed E-state index contributed by atoms with van der Waals surface area (Å²) in [6.45, 7) is 0. The smallest absolute Gasteiger partial charge is 0.547 e. The summed E-state index contributed by atoms with van der Waals surface area (Å²) in [5.74, 6) is -4.12. The van der Waals surface area contributed by atoms with E-state index in [1.165, 1.54) is 0 Å². The third-order valence-corrected chi connectivity index (χ3v) is 0.782. The van der Waals surface area contributed by atoms with Gasteiger partial charge in [-0.05, 0) is 0 Å². The van der Waals surface area contributed by atoms with E-state index in [2.05, 4.69) is 0 Å². The summed E-state index contributed by atoms with van der Waals surface area (Å²) in [7, 11) is 0. The number of carbonyl (C=O) groups is 2. The van der Waals surface area contributed by atoms with E-state index in [0.29, 0.717) is 0 Å². The molecule has 90 valence electrons. The van der Waals surface area contributed by atoms with Crippen LogP contribution < -0.4 is 10.2 Å².